The average Bonchev–Trinajstić information content (AvgIpc) is 2.68. The molecule has 2 N–H and O–H groups in total. The van der Waals surface area contributed by atoms with Crippen molar-refractivity contribution in [3.63, 3.8) is 0 Å². The number of amides is 2. The van der Waals surface area contributed by atoms with Gasteiger partial charge in [-0.05, 0) is 19.1 Å². The lowest BCUT2D eigenvalue weighted by Gasteiger charge is -2.06. The Morgan fingerprint density at radius 2 is 2.22 bits per heavy atom. The summed E-state index contributed by atoms with van der Waals surface area (Å²) < 4.78 is 2.02. The first-order chi connectivity index (χ1) is 8.63. The number of carbonyl (C=O) groups excluding carboxylic acids is 1. The number of hydrogen-bond donors (Lipinski definition) is 1. The van der Waals surface area contributed by atoms with E-state index in [0.29, 0.717) is 11.5 Å². The Hall–Kier alpha value is -1.69. The number of rotatable bonds is 3. The van der Waals surface area contributed by atoms with Crippen LogP contribution in [0.1, 0.15) is 12.7 Å². The third kappa shape index (κ3) is 2.43. The topological polar surface area (TPSA) is 73.3 Å². The van der Waals surface area contributed by atoms with Gasteiger partial charge < -0.3 is 10.3 Å². The number of urea groups is 1. The summed E-state index contributed by atoms with van der Waals surface area (Å²) in [6.07, 6.45) is 0. The lowest BCUT2D eigenvalue weighted by Crippen LogP contribution is -2.13. The molecule has 0 spiro atoms. The van der Waals surface area contributed by atoms with Gasteiger partial charge in [0, 0.05) is 11.9 Å². The van der Waals surface area contributed by atoms with E-state index in [4.69, 9.17) is 5.73 Å². The van der Waals surface area contributed by atoms with Crippen molar-refractivity contribution >= 4 is 38.7 Å². The molecule has 0 saturated heterocycles. The SMILES string of the molecule is C/C(=N\C(N)=O)c1nc2ccccc2n1CCBr. The number of hydrogen-bond acceptors (Lipinski definition) is 2. The molecule has 0 atom stereocenters. The number of primary amides is 1. The van der Waals surface area contributed by atoms with E-state index in [1.807, 2.05) is 28.8 Å². The number of aryl methyl sites for hydroxylation is 1. The summed E-state index contributed by atoms with van der Waals surface area (Å²) in [4.78, 5) is 19.1. The number of alkyl halides is 1. The van der Waals surface area contributed by atoms with Crippen LogP contribution in [-0.4, -0.2) is 26.6 Å². The van der Waals surface area contributed by atoms with Gasteiger partial charge in [0.05, 0.1) is 16.7 Å². The first-order valence-electron chi connectivity index (χ1n) is 5.50. The van der Waals surface area contributed by atoms with Crippen molar-refractivity contribution in [3.05, 3.63) is 30.1 Å². The van der Waals surface area contributed by atoms with Crippen molar-refractivity contribution in [3.8, 4) is 0 Å². The molecule has 18 heavy (non-hydrogen) atoms. The van der Waals surface area contributed by atoms with E-state index in [0.717, 1.165) is 22.9 Å². The second-order valence-electron chi connectivity index (χ2n) is 3.80. The Kier molecular flexibility index (Phi) is 3.76. The average molecular weight is 309 g/mol. The van der Waals surface area contributed by atoms with Crippen LogP contribution in [-0.2, 0) is 6.54 Å². The zero-order chi connectivity index (χ0) is 13.1. The fourth-order valence-electron chi connectivity index (χ4n) is 1.88. The van der Waals surface area contributed by atoms with Crippen molar-refractivity contribution in [2.75, 3.05) is 5.33 Å². The zero-order valence-electron chi connectivity index (χ0n) is 9.93. The van der Waals surface area contributed by atoms with Gasteiger partial charge in [-0.25, -0.2) is 9.78 Å². The van der Waals surface area contributed by atoms with E-state index in [1.54, 1.807) is 6.92 Å². The Balaban J connectivity index is 2.62. The van der Waals surface area contributed by atoms with Gasteiger partial charge in [-0.2, -0.15) is 4.99 Å². The normalized spacial score (nSPS) is 12.0. The number of fused-ring (bicyclic) bond motifs is 1. The Bertz CT molecular complexity index is 618. The Morgan fingerprint density at radius 3 is 2.89 bits per heavy atom. The molecule has 1 heterocycles. The third-order valence-corrected chi connectivity index (χ3v) is 2.92. The second kappa shape index (κ2) is 5.30. The number of halogens is 1. The lowest BCUT2D eigenvalue weighted by molar-refractivity contribution is 0.256. The predicted octanol–water partition coefficient (Wildman–Crippen LogP) is 2.32. The van der Waals surface area contributed by atoms with Crippen LogP contribution in [0, 0.1) is 0 Å². The van der Waals surface area contributed by atoms with Gasteiger partial charge in [0.25, 0.3) is 0 Å². The molecular weight excluding hydrogens is 296 g/mol. The van der Waals surface area contributed by atoms with Crippen molar-refractivity contribution in [2.45, 2.75) is 13.5 Å². The van der Waals surface area contributed by atoms with Crippen molar-refractivity contribution in [1.29, 1.82) is 0 Å². The number of imidazole rings is 1. The maximum Gasteiger partial charge on any atom is 0.338 e. The summed E-state index contributed by atoms with van der Waals surface area (Å²) in [5, 5.41) is 0.796. The molecule has 0 saturated carbocycles. The van der Waals surface area contributed by atoms with Gasteiger partial charge >= 0.3 is 6.03 Å². The van der Waals surface area contributed by atoms with Gasteiger partial charge in [0.1, 0.15) is 0 Å². The molecule has 0 fully saturated rings. The summed E-state index contributed by atoms with van der Waals surface area (Å²) in [7, 11) is 0. The van der Waals surface area contributed by atoms with Gasteiger partial charge in [-0.1, -0.05) is 28.1 Å². The first kappa shape index (κ1) is 12.8. The first-order valence-corrected chi connectivity index (χ1v) is 6.62. The number of aliphatic imine (C=N–C) groups is 1. The maximum absolute atomic E-state index is 10.9. The van der Waals surface area contributed by atoms with Crippen LogP contribution in [0.2, 0.25) is 0 Å². The number of nitrogens with zero attached hydrogens (tertiary/aromatic N) is 3. The highest BCUT2D eigenvalue weighted by Gasteiger charge is 2.12. The summed E-state index contributed by atoms with van der Waals surface area (Å²) >= 11 is 3.41. The second-order valence-corrected chi connectivity index (χ2v) is 4.59. The summed E-state index contributed by atoms with van der Waals surface area (Å²) in [5.74, 6) is 0.675. The van der Waals surface area contributed by atoms with Crippen LogP contribution in [0.5, 0.6) is 0 Å². The number of para-hydroxylation sites is 2. The Morgan fingerprint density at radius 1 is 1.50 bits per heavy atom. The van der Waals surface area contributed by atoms with Crippen molar-refractivity contribution < 1.29 is 4.79 Å². The molecular formula is C12H13BrN4O. The fourth-order valence-corrected chi connectivity index (χ4v) is 2.23. The van der Waals surface area contributed by atoms with Crippen LogP contribution in [0.15, 0.2) is 29.3 Å². The number of nitrogens with two attached hydrogens (primary N) is 1. The maximum atomic E-state index is 10.9. The largest absolute Gasteiger partial charge is 0.350 e. The molecule has 2 aromatic rings. The molecule has 0 aliphatic rings. The fraction of sp³-hybridized carbons (Fsp3) is 0.250. The van der Waals surface area contributed by atoms with Crippen LogP contribution in [0.25, 0.3) is 11.0 Å². The monoisotopic (exact) mass is 308 g/mol. The molecule has 94 valence electrons. The van der Waals surface area contributed by atoms with Gasteiger partial charge in [0.15, 0.2) is 5.82 Å². The van der Waals surface area contributed by atoms with E-state index >= 15 is 0 Å². The molecule has 0 aliphatic heterocycles. The summed E-state index contributed by atoms with van der Waals surface area (Å²) in [5.41, 5.74) is 7.51. The van der Waals surface area contributed by atoms with Crippen LogP contribution in [0.3, 0.4) is 0 Å². The highest BCUT2D eigenvalue weighted by atomic mass is 79.9. The van der Waals surface area contributed by atoms with Gasteiger partial charge in [-0.3, -0.25) is 0 Å². The van der Waals surface area contributed by atoms with Crippen LogP contribution >= 0.6 is 15.9 Å². The number of benzene rings is 1. The molecule has 0 unspecified atom stereocenters. The van der Waals surface area contributed by atoms with E-state index < -0.39 is 6.03 Å². The Labute approximate surface area is 113 Å². The molecule has 5 nitrogen and oxygen atoms in total. The van der Waals surface area contributed by atoms with Gasteiger partial charge in [-0.15, -0.1) is 0 Å². The van der Waals surface area contributed by atoms with Crippen LogP contribution in [0.4, 0.5) is 4.79 Å². The minimum absolute atomic E-state index is 0.527. The van der Waals surface area contributed by atoms with Crippen molar-refractivity contribution in [2.24, 2.45) is 10.7 Å². The standard InChI is InChI=1S/C12H13BrN4O/c1-8(15-12(14)18)11-16-9-4-2-3-5-10(9)17(11)7-6-13/h2-5H,6-7H2,1H3,(H2,14,18)/b15-8+. The highest BCUT2D eigenvalue weighted by molar-refractivity contribution is 9.09. The predicted molar refractivity (Wildman–Crippen MR) is 75.3 cm³/mol. The molecule has 2 rings (SSSR count). The molecule has 1 aromatic carbocycles. The number of carbonyl (C=O) groups is 1. The van der Waals surface area contributed by atoms with E-state index in [9.17, 15) is 4.79 Å². The van der Waals surface area contributed by atoms with E-state index in [2.05, 4.69) is 25.9 Å². The quantitative estimate of drug-likeness (QED) is 0.698. The highest BCUT2D eigenvalue weighted by Crippen LogP contribution is 2.17. The van der Waals surface area contributed by atoms with Crippen LogP contribution < -0.4 is 5.73 Å². The molecule has 0 radical (unpaired) electrons. The summed E-state index contributed by atoms with van der Waals surface area (Å²) in [6, 6.07) is 7.11. The molecule has 2 amide bonds. The molecule has 6 heteroatoms. The number of aromatic nitrogens is 2. The molecule has 0 aliphatic carbocycles. The zero-order valence-corrected chi connectivity index (χ0v) is 11.5. The summed E-state index contributed by atoms with van der Waals surface area (Å²) in [6.45, 7) is 2.48. The van der Waals surface area contributed by atoms with Gasteiger partial charge in [0.2, 0.25) is 0 Å². The minimum Gasteiger partial charge on any atom is -0.350 e. The minimum atomic E-state index is -0.704. The lowest BCUT2D eigenvalue weighted by atomic mass is 10.3. The third-order valence-electron chi connectivity index (χ3n) is 2.56. The molecule has 1 aromatic heterocycles. The van der Waals surface area contributed by atoms with Crippen molar-refractivity contribution in [1.82, 2.24) is 9.55 Å². The van der Waals surface area contributed by atoms with E-state index in [1.165, 1.54) is 0 Å². The van der Waals surface area contributed by atoms with E-state index in [-0.39, 0.29) is 0 Å². The molecule has 0 bridgehead atoms. The smallest absolute Gasteiger partial charge is 0.338 e.